The second-order valence-electron chi connectivity index (χ2n) is 6.81. The molecule has 0 atom stereocenters. The quantitative estimate of drug-likeness (QED) is 0.229. The number of halogens is 1. The monoisotopic (exact) mass is 572 g/mol. The lowest BCUT2D eigenvalue weighted by Crippen LogP contribution is -2.54. The highest BCUT2D eigenvalue weighted by Crippen LogP contribution is 2.13. The first-order valence-corrected chi connectivity index (χ1v) is 11.2. The topological polar surface area (TPSA) is 120 Å². The lowest BCUT2D eigenvalue weighted by atomic mass is 10.2. The van der Waals surface area contributed by atoms with Gasteiger partial charge >= 0.3 is 0 Å². The van der Waals surface area contributed by atoms with Crippen LogP contribution in [0.5, 0.6) is 0 Å². The number of aromatic nitrogens is 1. The van der Waals surface area contributed by atoms with Gasteiger partial charge in [0.15, 0.2) is 5.96 Å². The summed E-state index contributed by atoms with van der Waals surface area (Å²) in [6.45, 7) is 1.53. The van der Waals surface area contributed by atoms with E-state index in [2.05, 4.69) is 26.7 Å². The van der Waals surface area contributed by atoms with Crippen molar-refractivity contribution in [1.29, 1.82) is 0 Å². The van der Waals surface area contributed by atoms with Gasteiger partial charge < -0.3 is 20.1 Å². The van der Waals surface area contributed by atoms with E-state index in [0.29, 0.717) is 49.1 Å². The number of hydrogen-bond acceptors (Lipinski definition) is 6. The van der Waals surface area contributed by atoms with Crippen molar-refractivity contribution < 1.29 is 17.7 Å². The third-order valence-corrected chi connectivity index (χ3v) is 6.50. The average molecular weight is 572 g/mol. The summed E-state index contributed by atoms with van der Waals surface area (Å²) in [4.78, 5) is 18.4. The molecule has 0 bridgehead atoms. The molecule has 1 aliphatic heterocycles. The van der Waals surface area contributed by atoms with E-state index in [1.165, 1.54) is 16.6 Å². The number of hydrogen-bond donors (Lipinski definition) is 2. The summed E-state index contributed by atoms with van der Waals surface area (Å²) in [5.74, 6) is 2.61. The molecule has 1 amide bonds. The summed E-state index contributed by atoms with van der Waals surface area (Å²) in [7, 11) is -1.87. The van der Waals surface area contributed by atoms with Gasteiger partial charge in [0, 0.05) is 50.5 Å². The number of guanidine groups is 1. The smallest absolute Gasteiger partial charge is 0.243 e. The Hall–Kier alpha value is -2.63. The van der Waals surface area contributed by atoms with Crippen molar-refractivity contribution in [2.24, 2.45) is 4.99 Å². The first-order valence-electron chi connectivity index (χ1n) is 9.60. The Bertz CT molecular complexity index is 1070. The van der Waals surface area contributed by atoms with E-state index in [0.717, 1.165) is 0 Å². The third-order valence-electron chi connectivity index (χ3n) is 4.68. The van der Waals surface area contributed by atoms with E-state index < -0.39 is 10.0 Å². The van der Waals surface area contributed by atoms with Gasteiger partial charge in [0.25, 0.3) is 0 Å². The molecule has 0 aliphatic carbocycles. The van der Waals surface area contributed by atoms with Crippen LogP contribution in [0.1, 0.15) is 11.3 Å². The van der Waals surface area contributed by atoms with Gasteiger partial charge in [0.05, 0.1) is 12.2 Å². The molecule has 1 fully saturated rings. The summed E-state index contributed by atoms with van der Waals surface area (Å²) in [5.41, 5.74) is 1.67. The molecule has 1 aromatic heterocycles. The molecular formula is C20H25IN6O4S. The molecule has 0 saturated carbocycles. The molecule has 2 aromatic rings. The molecular weight excluding hydrogens is 547 g/mol. The van der Waals surface area contributed by atoms with Crippen LogP contribution in [0, 0.1) is 12.3 Å². The fourth-order valence-corrected chi connectivity index (χ4v) is 4.58. The molecule has 12 heteroatoms. The van der Waals surface area contributed by atoms with Crippen LogP contribution in [0.4, 0.5) is 5.69 Å². The molecule has 1 aromatic carbocycles. The lowest BCUT2D eigenvalue weighted by Gasteiger charge is -2.35. The molecule has 10 nitrogen and oxygen atoms in total. The van der Waals surface area contributed by atoms with Crippen molar-refractivity contribution in [1.82, 2.24) is 19.7 Å². The third kappa shape index (κ3) is 6.94. The number of terminal acetylenes is 1. The predicted molar refractivity (Wildman–Crippen MR) is 132 cm³/mol. The maximum atomic E-state index is 12.5. The summed E-state index contributed by atoms with van der Waals surface area (Å²) in [6.07, 6.45) is 6.72. The average Bonchev–Trinajstić information content (AvgIpc) is 3.27. The molecule has 172 valence electrons. The van der Waals surface area contributed by atoms with Gasteiger partial charge in [0.2, 0.25) is 15.9 Å². The van der Waals surface area contributed by atoms with Gasteiger partial charge in [-0.05, 0) is 18.2 Å². The molecule has 2 N–H and O–H groups in total. The Morgan fingerprint density at radius 1 is 1.28 bits per heavy atom. The minimum Gasteiger partial charge on any atom is -0.364 e. The maximum Gasteiger partial charge on any atom is 0.243 e. The number of rotatable bonds is 6. The first kappa shape index (κ1) is 25.6. The van der Waals surface area contributed by atoms with Crippen LogP contribution in [-0.4, -0.2) is 74.4 Å². The number of benzene rings is 1. The number of nitrogens with zero attached hydrogens (tertiary/aromatic N) is 4. The molecule has 1 aliphatic rings. The van der Waals surface area contributed by atoms with E-state index in [4.69, 9.17) is 10.9 Å². The molecule has 3 rings (SSSR count). The van der Waals surface area contributed by atoms with E-state index in [1.54, 1.807) is 31.3 Å². The highest BCUT2D eigenvalue weighted by molar-refractivity contribution is 14.0. The summed E-state index contributed by atoms with van der Waals surface area (Å²) < 4.78 is 31.2. The van der Waals surface area contributed by atoms with Gasteiger partial charge in [-0.1, -0.05) is 17.1 Å². The number of piperazine rings is 1. The van der Waals surface area contributed by atoms with E-state index in [1.807, 2.05) is 4.90 Å². The molecule has 1 saturated heterocycles. The number of nitrogens with one attached hydrogen (secondary N) is 2. The van der Waals surface area contributed by atoms with Crippen LogP contribution in [0.2, 0.25) is 0 Å². The zero-order chi connectivity index (χ0) is 22.3. The SMILES string of the molecule is C#Cc1cccc(NC(=O)CNC(=NC)N2CCN(S(=O)(=O)Cc3ccon3)CC2)c1.I. The van der Waals surface area contributed by atoms with Gasteiger partial charge in [-0.3, -0.25) is 9.79 Å². The standard InChI is InChI=1S/C20H24N6O4S.HI/c1-3-16-5-4-6-17(13-16)23-19(27)14-22-20(21-2)25-8-10-26(11-9-25)31(28,29)15-18-7-12-30-24-18;/h1,4-7,12-13H,8-11,14-15H2,2H3,(H,21,22)(H,23,27);1H. The van der Waals surface area contributed by atoms with Gasteiger partial charge in [-0.25, -0.2) is 8.42 Å². The summed E-state index contributed by atoms with van der Waals surface area (Å²) in [6, 6.07) is 8.56. The second kappa shape index (κ2) is 11.8. The molecule has 0 unspecified atom stereocenters. The molecule has 32 heavy (non-hydrogen) atoms. The Morgan fingerprint density at radius 3 is 2.66 bits per heavy atom. The summed E-state index contributed by atoms with van der Waals surface area (Å²) >= 11 is 0. The van der Waals surface area contributed by atoms with Gasteiger partial charge in [-0.15, -0.1) is 30.4 Å². The highest BCUT2D eigenvalue weighted by Gasteiger charge is 2.29. The van der Waals surface area contributed by atoms with Crippen LogP contribution < -0.4 is 10.6 Å². The maximum absolute atomic E-state index is 12.5. The highest BCUT2D eigenvalue weighted by atomic mass is 127. The van der Waals surface area contributed by atoms with Crippen molar-refractivity contribution in [2.45, 2.75) is 5.75 Å². The Morgan fingerprint density at radius 2 is 2.03 bits per heavy atom. The number of sulfonamides is 1. The number of amides is 1. The zero-order valence-corrected chi connectivity index (χ0v) is 20.7. The van der Waals surface area contributed by atoms with Crippen LogP contribution >= 0.6 is 24.0 Å². The number of anilines is 1. The lowest BCUT2D eigenvalue weighted by molar-refractivity contribution is -0.115. The minimum atomic E-state index is -3.48. The second-order valence-corrected chi connectivity index (χ2v) is 8.78. The van der Waals surface area contributed by atoms with Gasteiger partial charge in [-0.2, -0.15) is 4.31 Å². The Labute approximate surface area is 204 Å². The number of carbonyl (C=O) groups is 1. The van der Waals surface area contributed by atoms with Crippen LogP contribution in [0.3, 0.4) is 0 Å². The molecule has 0 spiro atoms. The van der Waals surface area contributed by atoms with Crippen molar-refractivity contribution in [3.05, 3.63) is 47.9 Å². The first-order chi connectivity index (χ1) is 14.9. The minimum absolute atomic E-state index is 0. The number of aliphatic imine (C=N–C) groups is 1. The van der Waals surface area contributed by atoms with Crippen LogP contribution in [0.15, 0.2) is 46.1 Å². The van der Waals surface area contributed by atoms with E-state index in [-0.39, 0.29) is 42.2 Å². The van der Waals surface area contributed by atoms with Crippen LogP contribution in [0.25, 0.3) is 0 Å². The van der Waals surface area contributed by atoms with Crippen molar-refractivity contribution in [2.75, 3.05) is 45.1 Å². The molecule has 0 radical (unpaired) electrons. The number of carbonyl (C=O) groups excluding carboxylic acids is 1. The summed E-state index contributed by atoms with van der Waals surface area (Å²) in [5, 5.41) is 9.45. The largest absolute Gasteiger partial charge is 0.364 e. The Kier molecular flexibility index (Phi) is 9.48. The normalized spacial score (nSPS) is 14.9. The van der Waals surface area contributed by atoms with E-state index >= 15 is 0 Å². The van der Waals surface area contributed by atoms with Gasteiger partial charge in [0.1, 0.15) is 12.0 Å². The van der Waals surface area contributed by atoms with Crippen molar-refractivity contribution in [3.8, 4) is 12.3 Å². The van der Waals surface area contributed by atoms with Crippen molar-refractivity contribution in [3.63, 3.8) is 0 Å². The fraction of sp³-hybridized carbons (Fsp3) is 0.350. The fourth-order valence-electron chi connectivity index (χ4n) is 3.15. The zero-order valence-electron chi connectivity index (χ0n) is 17.5. The predicted octanol–water partition coefficient (Wildman–Crippen LogP) is 0.935. The Balaban J connectivity index is 0.00000363. The molecule has 2 heterocycles. The van der Waals surface area contributed by atoms with Crippen molar-refractivity contribution >= 4 is 51.6 Å². The van der Waals surface area contributed by atoms with Crippen LogP contribution in [-0.2, 0) is 20.6 Å². The van der Waals surface area contributed by atoms with E-state index in [9.17, 15) is 13.2 Å².